The summed E-state index contributed by atoms with van der Waals surface area (Å²) in [7, 11) is -4.48. The minimum Gasteiger partial charge on any atom is -0.465 e. The molecule has 0 radical (unpaired) electrons. The second kappa shape index (κ2) is 5.38. The summed E-state index contributed by atoms with van der Waals surface area (Å²) in [6.07, 6.45) is -0.905. The van der Waals surface area contributed by atoms with E-state index >= 15 is 4.39 Å². The van der Waals surface area contributed by atoms with Gasteiger partial charge in [0.15, 0.2) is 9.84 Å². The zero-order chi connectivity index (χ0) is 18.6. The summed E-state index contributed by atoms with van der Waals surface area (Å²) in [6.45, 7) is 1.11. The van der Waals surface area contributed by atoms with Crippen LogP contribution in [0.15, 0.2) is 23.2 Å². The monoisotopic (exact) mass is 373 g/mol. The number of rotatable bonds is 1. The third-order valence-electron chi connectivity index (χ3n) is 4.96. The third-order valence-corrected chi connectivity index (χ3v) is 7.65. The van der Waals surface area contributed by atoms with Gasteiger partial charge >= 0.3 is 6.09 Å². The molecule has 7 nitrogen and oxygen atoms in total. The Balaban J connectivity index is 2.28. The molecule has 1 aromatic rings. The number of halogens is 2. The first kappa shape index (κ1) is 17.6. The lowest BCUT2D eigenvalue weighted by molar-refractivity contribution is 0.198. The van der Waals surface area contributed by atoms with Crippen LogP contribution in [-0.2, 0) is 15.4 Å². The van der Waals surface area contributed by atoms with E-state index in [0.717, 1.165) is 19.1 Å². The SMILES string of the molecule is CC1(c2cc(N)ccc2F)N=C(NC(=O)O)C2(CCC2)S(=O)(=O)[C@H]1F. The zero-order valence-electron chi connectivity index (χ0n) is 13.3. The van der Waals surface area contributed by atoms with E-state index in [9.17, 15) is 17.6 Å². The van der Waals surface area contributed by atoms with Crippen LogP contribution in [-0.4, -0.2) is 35.7 Å². The highest BCUT2D eigenvalue weighted by Gasteiger charge is 2.65. The molecular formula is C15H17F2N3O4S. The first-order chi connectivity index (χ1) is 11.5. The molecule has 1 aliphatic heterocycles. The van der Waals surface area contributed by atoms with Gasteiger partial charge in [-0.05, 0) is 44.4 Å². The number of nitrogens with one attached hydrogen (secondary N) is 1. The molecule has 0 saturated heterocycles. The molecule has 1 fully saturated rings. The Kier molecular flexibility index (Phi) is 3.79. The third kappa shape index (κ3) is 2.30. The number of hydrogen-bond acceptors (Lipinski definition) is 5. The summed E-state index contributed by atoms with van der Waals surface area (Å²) in [5.74, 6) is -1.25. The molecule has 1 amide bonds. The van der Waals surface area contributed by atoms with Gasteiger partial charge in [0, 0.05) is 11.3 Å². The molecule has 10 heteroatoms. The summed E-state index contributed by atoms with van der Waals surface area (Å²) in [5, 5.41) is 11.0. The van der Waals surface area contributed by atoms with E-state index in [1.807, 2.05) is 5.32 Å². The van der Waals surface area contributed by atoms with Crippen molar-refractivity contribution in [2.45, 2.75) is 42.0 Å². The summed E-state index contributed by atoms with van der Waals surface area (Å²) in [6, 6.07) is 3.35. The molecule has 136 valence electrons. The van der Waals surface area contributed by atoms with E-state index in [1.54, 1.807) is 0 Å². The van der Waals surface area contributed by atoms with Gasteiger partial charge in [-0.1, -0.05) is 0 Å². The number of anilines is 1. The molecule has 1 saturated carbocycles. The van der Waals surface area contributed by atoms with Gasteiger partial charge in [0.05, 0.1) is 0 Å². The fraction of sp³-hybridized carbons (Fsp3) is 0.467. The van der Waals surface area contributed by atoms with Crippen LogP contribution in [0.25, 0.3) is 0 Å². The second-order valence-electron chi connectivity index (χ2n) is 6.49. The molecule has 25 heavy (non-hydrogen) atoms. The maximum absolute atomic E-state index is 15.2. The van der Waals surface area contributed by atoms with Crippen LogP contribution >= 0.6 is 0 Å². The Morgan fingerprint density at radius 3 is 2.60 bits per heavy atom. The number of nitrogen functional groups attached to an aromatic ring is 1. The zero-order valence-corrected chi connectivity index (χ0v) is 14.1. The first-order valence-electron chi connectivity index (χ1n) is 7.58. The number of aliphatic imine (C=N–C) groups is 1. The fourth-order valence-electron chi connectivity index (χ4n) is 3.40. The topological polar surface area (TPSA) is 122 Å². The van der Waals surface area contributed by atoms with Gasteiger partial charge in [0.2, 0.25) is 5.50 Å². The summed E-state index contributed by atoms with van der Waals surface area (Å²) in [5.41, 5.74) is 0.689. The molecule has 1 heterocycles. The van der Waals surface area contributed by atoms with Crippen molar-refractivity contribution in [2.75, 3.05) is 5.73 Å². The number of amides is 1. The molecule has 0 bridgehead atoms. The van der Waals surface area contributed by atoms with Gasteiger partial charge in [-0.3, -0.25) is 10.3 Å². The van der Waals surface area contributed by atoms with Crippen molar-refractivity contribution in [3.63, 3.8) is 0 Å². The average Bonchev–Trinajstić information content (AvgIpc) is 2.45. The summed E-state index contributed by atoms with van der Waals surface area (Å²) in [4.78, 5) is 15.1. The number of carboxylic acid groups (broad SMARTS) is 1. The Hall–Kier alpha value is -2.23. The maximum atomic E-state index is 15.2. The van der Waals surface area contributed by atoms with Gasteiger partial charge in [-0.25, -0.2) is 22.0 Å². The Bertz CT molecular complexity index is 883. The predicted molar refractivity (Wildman–Crippen MR) is 87.2 cm³/mol. The molecule has 1 spiro atoms. The van der Waals surface area contributed by atoms with Gasteiger partial charge in [-0.2, -0.15) is 0 Å². The Morgan fingerprint density at radius 2 is 2.08 bits per heavy atom. The van der Waals surface area contributed by atoms with Crippen molar-refractivity contribution < 1.29 is 27.1 Å². The number of alkyl halides is 1. The lowest BCUT2D eigenvalue weighted by atomic mass is 9.81. The van der Waals surface area contributed by atoms with Crippen molar-refractivity contribution in [1.29, 1.82) is 0 Å². The van der Waals surface area contributed by atoms with Crippen LogP contribution in [0.3, 0.4) is 0 Å². The molecule has 3 rings (SSSR count). The standard InChI is InChI=1S/C15H17F2N3O4S/c1-14(9-7-8(18)3-4-10(9)16)11(17)25(23,24)15(5-2-6-15)12(20-14)19-13(21)22/h3-4,7,11H,2,5-6,18H2,1H3,(H,19,20)(H,21,22)/t11-,14?/m1/s1. The van der Waals surface area contributed by atoms with Crippen LogP contribution < -0.4 is 11.1 Å². The Morgan fingerprint density at radius 1 is 1.44 bits per heavy atom. The number of nitrogens with zero attached hydrogens (tertiary/aromatic N) is 1. The van der Waals surface area contributed by atoms with Crippen molar-refractivity contribution in [3.8, 4) is 0 Å². The lowest BCUT2D eigenvalue weighted by Crippen LogP contribution is -2.66. The smallest absolute Gasteiger partial charge is 0.410 e. The van der Waals surface area contributed by atoms with Crippen molar-refractivity contribution in [2.24, 2.45) is 4.99 Å². The normalized spacial score (nSPS) is 29.6. The van der Waals surface area contributed by atoms with Gasteiger partial charge in [-0.15, -0.1) is 0 Å². The molecule has 2 atom stereocenters. The molecule has 1 aromatic carbocycles. The summed E-state index contributed by atoms with van der Waals surface area (Å²) < 4.78 is 53.4. The molecule has 0 aromatic heterocycles. The minimum atomic E-state index is -4.48. The largest absolute Gasteiger partial charge is 0.465 e. The van der Waals surface area contributed by atoms with Crippen LogP contribution in [0, 0.1) is 5.82 Å². The van der Waals surface area contributed by atoms with Gasteiger partial charge in [0.25, 0.3) is 0 Å². The molecule has 1 unspecified atom stereocenters. The van der Waals surface area contributed by atoms with E-state index in [1.165, 1.54) is 6.07 Å². The van der Waals surface area contributed by atoms with E-state index < -0.39 is 37.5 Å². The van der Waals surface area contributed by atoms with E-state index in [2.05, 4.69) is 4.99 Å². The van der Waals surface area contributed by atoms with Crippen molar-refractivity contribution >= 4 is 27.5 Å². The summed E-state index contributed by atoms with van der Waals surface area (Å²) >= 11 is 0. The molecule has 1 aliphatic carbocycles. The maximum Gasteiger partial charge on any atom is 0.410 e. The second-order valence-corrected chi connectivity index (χ2v) is 8.77. The highest BCUT2D eigenvalue weighted by atomic mass is 32.2. The number of amidine groups is 1. The van der Waals surface area contributed by atoms with E-state index in [4.69, 9.17) is 10.8 Å². The number of hydrogen-bond donors (Lipinski definition) is 3. The lowest BCUT2D eigenvalue weighted by Gasteiger charge is -2.48. The van der Waals surface area contributed by atoms with E-state index in [0.29, 0.717) is 6.42 Å². The van der Waals surface area contributed by atoms with Gasteiger partial charge < -0.3 is 10.8 Å². The number of benzene rings is 1. The molecule has 2 aliphatic rings. The minimum absolute atomic E-state index is 0.0599. The number of sulfone groups is 1. The highest BCUT2D eigenvalue weighted by Crippen LogP contribution is 2.51. The Labute approximate surface area is 142 Å². The average molecular weight is 373 g/mol. The van der Waals surface area contributed by atoms with Crippen molar-refractivity contribution in [1.82, 2.24) is 5.32 Å². The number of nitrogens with two attached hydrogens (primary N) is 1. The fourth-order valence-corrected chi connectivity index (χ4v) is 5.80. The van der Waals surface area contributed by atoms with Crippen LogP contribution in [0.1, 0.15) is 31.7 Å². The van der Waals surface area contributed by atoms with E-state index in [-0.39, 0.29) is 29.9 Å². The van der Waals surface area contributed by atoms with Crippen LogP contribution in [0.5, 0.6) is 0 Å². The quantitative estimate of drug-likeness (QED) is 0.650. The molecule has 4 N–H and O–H groups in total. The highest BCUT2D eigenvalue weighted by molar-refractivity contribution is 7.94. The van der Waals surface area contributed by atoms with Crippen molar-refractivity contribution in [3.05, 3.63) is 29.6 Å². The van der Waals surface area contributed by atoms with Gasteiger partial charge in [0.1, 0.15) is 21.9 Å². The molecular weight excluding hydrogens is 356 g/mol. The first-order valence-corrected chi connectivity index (χ1v) is 9.12. The van der Waals surface area contributed by atoms with Crippen LogP contribution in [0.2, 0.25) is 0 Å². The van der Waals surface area contributed by atoms with Crippen LogP contribution in [0.4, 0.5) is 19.3 Å². The predicted octanol–water partition coefficient (Wildman–Crippen LogP) is 1.94. The number of carbonyl (C=O) groups is 1.